The van der Waals surface area contributed by atoms with Gasteiger partial charge >= 0.3 is 0 Å². The van der Waals surface area contributed by atoms with Crippen molar-refractivity contribution in [3.05, 3.63) is 0 Å². The van der Waals surface area contributed by atoms with E-state index in [0.717, 1.165) is 12.8 Å². The first-order valence-electron chi connectivity index (χ1n) is 5.33. The second-order valence-electron chi connectivity index (χ2n) is 5.28. The van der Waals surface area contributed by atoms with Gasteiger partial charge in [0.1, 0.15) is 11.6 Å². The number of carbonyl (C=O) groups is 2. The lowest BCUT2D eigenvalue weighted by atomic mass is 9.79. The maximum atomic E-state index is 11.7. The Morgan fingerprint density at radius 2 is 1.23 bits per heavy atom. The number of rotatable bonds is 0. The third kappa shape index (κ3) is 0.527. The Kier molecular flexibility index (Phi) is 0.907. The van der Waals surface area contributed by atoms with Gasteiger partial charge in [-0.1, -0.05) is 0 Å². The molecule has 2 bridgehead atoms. The second kappa shape index (κ2) is 1.75. The number of Topliss-reactive ketones (excluding diaryl/α,β-unsaturated/α-hetero) is 2. The molecule has 0 radical (unpaired) electrons. The summed E-state index contributed by atoms with van der Waals surface area (Å²) in [5.74, 6) is 3.67. The minimum Gasteiger partial charge on any atom is -0.299 e. The zero-order chi connectivity index (χ0) is 8.74. The maximum absolute atomic E-state index is 11.7. The van der Waals surface area contributed by atoms with Crippen LogP contribution in [0.3, 0.4) is 0 Å². The van der Waals surface area contributed by atoms with Crippen LogP contribution in [0.25, 0.3) is 0 Å². The zero-order valence-corrected chi connectivity index (χ0v) is 7.40. The van der Waals surface area contributed by atoms with Crippen molar-refractivity contribution in [1.29, 1.82) is 0 Å². The largest absolute Gasteiger partial charge is 0.299 e. The van der Waals surface area contributed by atoms with E-state index < -0.39 is 0 Å². The minimum atomic E-state index is 0.182. The molecule has 0 aliphatic heterocycles. The van der Waals surface area contributed by atoms with Crippen molar-refractivity contribution in [1.82, 2.24) is 0 Å². The molecule has 4 rings (SSSR count). The van der Waals surface area contributed by atoms with Crippen LogP contribution in [0.4, 0.5) is 0 Å². The smallest absolute Gasteiger partial charge is 0.137 e. The van der Waals surface area contributed by atoms with Crippen LogP contribution in [-0.4, -0.2) is 11.6 Å². The quantitative estimate of drug-likeness (QED) is 0.552. The average Bonchev–Trinajstić information content (AvgIpc) is 2.67. The maximum Gasteiger partial charge on any atom is 0.137 e. The van der Waals surface area contributed by atoms with Gasteiger partial charge in [-0.2, -0.15) is 0 Å². The molecule has 13 heavy (non-hydrogen) atoms. The van der Waals surface area contributed by atoms with Crippen molar-refractivity contribution in [2.45, 2.75) is 19.3 Å². The van der Waals surface area contributed by atoms with E-state index in [1.54, 1.807) is 0 Å². The first-order valence-corrected chi connectivity index (χ1v) is 5.33. The van der Waals surface area contributed by atoms with E-state index in [9.17, 15) is 9.59 Å². The van der Waals surface area contributed by atoms with Gasteiger partial charge in [-0.3, -0.25) is 9.59 Å². The monoisotopic (exact) mass is 176 g/mol. The van der Waals surface area contributed by atoms with Crippen molar-refractivity contribution in [3.8, 4) is 0 Å². The zero-order valence-electron chi connectivity index (χ0n) is 7.40. The van der Waals surface area contributed by atoms with Crippen LogP contribution in [0.2, 0.25) is 0 Å². The number of carbonyl (C=O) groups excluding carboxylic acids is 2. The number of hydrogen-bond donors (Lipinski definition) is 0. The fourth-order valence-electron chi connectivity index (χ4n) is 4.88. The average molecular weight is 176 g/mol. The highest BCUT2D eigenvalue weighted by molar-refractivity contribution is 5.96. The summed E-state index contributed by atoms with van der Waals surface area (Å²) in [6.07, 6.45) is 2.81. The summed E-state index contributed by atoms with van der Waals surface area (Å²) in [4.78, 5) is 23.4. The standard InChI is InChI=1S/C11H12O2/c12-8-2-4-5-3-9(13)11-7(5)1-6(4)10(8)11/h4-7,10-11H,1-3H2/t4-,5+,6-,7+,10+,11-. The van der Waals surface area contributed by atoms with Gasteiger partial charge in [0.2, 0.25) is 0 Å². The molecule has 0 heterocycles. The van der Waals surface area contributed by atoms with E-state index >= 15 is 0 Å². The molecule has 4 aliphatic carbocycles. The van der Waals surface area contributed by atoms with Gasteiger partial charge in [-0.05, 0) is 30.1 Å². The summed E-state index contributed by atoms with van der Waals surface area (Å²) in [5, 5.41) is 0. The Hall–Kier alpha value is -0.660. The van der Waals surface area contributed by atoms with Crippen LogP contribution in [0, 0.1) is 35.5 Å². The summed E-state index contributed by atoms with van der Waals surface area (Å²) < 4.78 is 0. The summed E-state index contributed by atoms with van der Waals surface area (Å²) in [6, 6.07) is 0. The molecule has 68 valence electrons. The number of fused-ring (bicyclic) bond motifs is 2. The fourth-order valence-corrected chi connectivity index (χ4v) is 4.88. The Morgan fingerprint density at radius 1 is 0.769 bits per heavy atom. The van der Waals surface area contributed by atoms with E-state index in [1.807, 2.05) is 0 Å². The van der Waals surface area contributed by atoms with E-state index in [-0.39, 0.29) is 11.8 Å². The highest BCUT2D eigenvalue weighted by Gasteiger charge is 2.69. The van der Waals surface area contributed by atoms with Crippen molar-refractivity contribution < 1.29 is 9.59 Å². The van der Waals surface area contributed by atoms with E-state index in [0.29, 0.717) is 35.2 Å². The van der Waals surface area contributed by atoms with Crippen molar-refractivity contribution in [2.75, 3.05) is 0 Å². The Balaban J connectivity index is 1.94. The van der Waals surface area contributed by atoms with Crippen molar-refractivity contribution in [2.24, 2.45) is 35.5 Å². The van der Waals surface area contributed by atoms with Gasteiger partial charge < -0.3 is 0 Å². The molecule has 0 spiro atoms. The van der Waals surface area contributed by atoms with Gasteiger partial charge in [-0.15, -0.1) is 0 Å². The molecule has 4 aliphatic rings. The highest BCUT2D eigenvalue weighted by atomic mass is 16.1. The van der Waals surface area contributed by atoms with Crippen LogP contribution >= 0.6 is 0 Å². The molecule has 0 aromatic rings. The molecule has 2 nitrogen and oxygen atoms in total. The molecule has 0 amide bonds. The van der Waals surface area contributed by atoms with Gasteiger partial charge in [0.25, 0.3) is 0 Å². The van der Waals surface area contributed by atoms with Crippen LogP contribution in [0.15, 0.2) is 0 Å². The lowest BCUT2D eigenvalue weighted by Gasteiger charge is -2.22. The lowest BCUT2D eigenvalue weighted by molar-refractivity contribution is -0.129. The van der Waals surface area contributed by atoms with Gasteiger partial charge in [0.15, 0.2) is 0 Å². The Labute approximate surface area is 76.7 Å². The number of hydrogen-bond acceptors (Lipinski definition) is 2. The van der Waals surface area contributed by atoms with Crippen LogP contribution in [0.1, 0.15) is 19.3 Å². The molecule has 4 fully saturated rings. The fraction of sp³-hybridized carbons (Fsp3) is 0.818. The SMILES string of the molecule is O=C1C[C@@H]2[C@@H]3CC(=O)[C@H]4[C@H]3C[C@H]2[C@@H]14. The van der Waals surface area contributed by atoms with Crippen LogP contribution in [0.5, 0.6) is 0 Å². The molecular weight excluding hydrogens is 164 g/mol. The molecular formula is C11H12O2. The molecule has 0 aromatic carbocycles. The summed E-state index contributed by atoms with van der Waals surface area (Å²) in [6.45, 7) is 0. The Bertz CT molecular complexity index is 297. The summed E-state index contributed by atoms with van der Waals surface area (Å²) in [7, 11) is 0. The van der Waals surface area contributed by atoms with Crippen LogP contribution in [-0.2, 0) is 9.59 Å². The molecule has 0 aromatic heterocycles. The van der Waals surface area contributed by atoms with Crippen LogP contribution < -0.4 is 0 Å². The topological polar surface area (TPSA) is 34.1 Å². The van der Waals surface area contributed by atoms with Gasteiger partial charge in [0, 0.05) is 24.7 Å². The Morgan fingerprint density at radius 3 is 1.69 bits per heavy atom. The van der Waals surface area contributed by atoms with Gasteiger partial charge in [-0.25, -0.2) is 0 Å². The first kappa shape index (κ1) is 6.74. The second-order valence-corrected chi connectivity index (χ2v) is 5.28. The third-order valence-electron chi connectivity index (χ3n) is 5.12. The predicted octanol–water partition coefficient (Wildman–Crippen LogP) is 1.05. The van der Waals surface area contributed by atoms with Crippen molar-refractivity contribution in [3.63, 3.8) is 0 Å². The molecule has 0 unspecified atom stereocenters. The van der Waals surface area contributed by atoms with E-state index in [4.69, 9.17) is 0 Å². The molecule has 0 N–H and O–H groups in total. The predicted molar refractivity (Wildman–Crippen MR) is 44.8 cm³/mol. The van der Waals surface area contributed by atoms with E-state index in [2.05, 4.69) is 0 Å². The summed E-state index contributed by atoms with van der Waals surface area (Å²) >= 11 is 0. The third-order valence-corrected chi connectivity index (χ3v) is 5.12. The normalized spacial score (nSPS) is 61.2. The van der Waals surface area contributed by atoms with Gasteiger partial charge in [0.05, 0.1) is 0 Å². The summed E-state index contributed by atoms with van der Waals surface area (Å²) in [5.41, 5.74) is 0. The minimum absolute atomic E-state index is 0.182. The lowest BCUT2D eigenvalue weighted by Crippen LogP contribution is -2.26. The molecule has 6 atom stereocenters. The molecule has 4 saturated carbocycles. The highest BCUT2D eigenvalue weighted by Crippen LogP contribution is 2.68. The van der Waals surface area contributed by atoms with Crippen molar-refractivity contribution >= 4 is 11.6 Å². The number of ketones is 2. The van der Waals surface area contributed by atoms with E-state index in [1.165, 1.54) is 6.42 Å². The molecule has 2 heteroatoms. The molecule has 0 saturated heterocycles. The first-order chi connectivity index (χ1) is 6.27.